The first-order chi connectivity index (χ1) is 35.2. The van der Waals surface area contributed by atoms with E-state index in [-0.39, 0.29) is 33.9 Å². The smallest absolute Gasteiger partial charge is 0.252 e. The summed E-state index contributed by atoms with van der Waals surface area (Å²) in [6.45, 7) is 28.5. The fraction of sp³-hybridized carbons (Fsp3) is 0.304. The molecular weight excluding hydrogens is 898 g/mol. The maximum Gasteiger partial charge on any atom is 0.252 e. The van der Waals surface area contributed by atoms with E-state index >= 15 is 0 Å². The molecule has 8 aromatic carbocycles. The van der Waals surface area contributed by atoms with Gasteiger partial charge < -0.3 is 19.1 Å². The van der Waals surface area contributed by atoms with Crippen LogP contribution in [0.3, 0.4) is 0 Å². The zero-order chi connectivity index (χ0) is 51.4. The fourth-order valence-electron chi connectivity index (χ4n) is 13.8. The van der Waals surface area contributed by atoms with Crippen LogP contribution in [0, 0.1) is 6.92 Å². The van der Waals surface area contributed by atoms with Gasteiger partial charge in [0.1, 0.15) is 5.58 Å². The van der Waals surface area contributed by atoms with Gasteiger partial charge >= 0.3 is 0 Å². The summed E-state index contributed by atoms with van der Waals surface area (Å²) in [4.78, 5) is 7.97. The highest BCUT2D eigenvalue weighted by Crippen LogP contribution is 2.62. The van der Waals surface area contributed by atoms with Gasteiger partial charge in [-0.25, -0.2) is 0 Å². The number of rotatable bonds is 4. The molecule has 2 atom stereocenters. The second kappa shape index (κ2) is 16.0. The summed E-state index contributed by atoms with van der Waals surface area (Å²) in [5, 5.41) is 2.26. The molecule has 9 aromatic rings. The monoisotopic (exact) mass is 968 g/mol. The number of nitrogens with zero attached hydrogens (tertiary/aromatic N) is 3. The summed E-state index contributed by atoms with van der Waals surface area (Å²) in [6.07, 6.45) is 4.78. The van der Waals surface area contributed by atoms with E-state index in [1.54, 1.807) is 0 Å². The van der Waals surface area contributed by atoms with Crippen molar-refractivity contribution in [3.8, 4) is 11.1 Å². The van der Waals surface area contributed by atoms with E-state index in [0.29, 0.717) is 0 Å². The van der Waals surface area contributed by atoms with Crippen LogP contribution in [0.1, 0.15) is 130 Å². The maximum absolute atomic E-state index is 7.05. The molecule has 4 nitrogen and oxygen atoms in total. The van der Waals surface area contributed by atoms with E-state index in [9.17, 15) is 0 Å². The molecule has 370 valence electrons. The summed E-state index contributed by atoms with van der Waals surface area (Å²) >= 11 is 0. The van der Waals surface area contributed by atoms with E-state index in [2.05, 4.69) is 256 Å². The number of benzene rings is 8. The zero-order valence-electron chi connectivity index (χ0n) is 45.7. The first-order valence-corrected chi connectivity index (χ1v) is 27.3. The lowest BCUT2D eigenvalue weighted by atomic mass is 9.33. The van der Waals surface area contributed by atoms with Crippen LogP contribution >= 0.6 is 0 Å². The number of fused-ring (bicyclic) bond motifs is 10. The second-order valence-electron chi connectivity index (χ2n) is 25.8. The van der Waals surface area contributed by atoms with E-state index < -0.39 is 0 Å². The number of aryl methyl sites for hydroxylation is 1. The van der Waals surface area contributed by atoms with Crippen molar-refractivity contribution in [2.24, 2.45) is 0 Å². The van der Waals surface area contributed by atoms with E-state index in [1.807, 2.05) is 0 Å². The van der Waals surface area contributed by atoms with Crippen molar-refractivity contribution < 1.29 is 4.42 Å². The Labute approximate surface area is 440 Å². The van der Waals surface area contributed by atoms with Crippen molar-refractivity contribution in [2.75, 3.05) is 14.7 Å². The van der Waals surface area contributed by atoms with Gasteiger partial charge in [-0.3, -0.25) is 0 Å². The third-order valence-corrected chi connectivity index (χ3v) is 18.1. The first-order valence-electron chi connectivity index (χ1n) is 27.3. The standard InChI is InChI=1S/C69H70BN3O/c1-43-37-60-63-61(38-43)72(58-25-20-24-50-49-23-16-17-26-62(49)74-64(50)58)59-42-48(73-56-33-28-46(66(5,6)7)40-52(56)68(11)35-18-19-36-69(68,73)12)30-31-53(59)70(63)54-41-47(67(8,9)10)29-34-57(54)71(60)55-32-27-45(65(2,3)4)39-51(55)44-21-14-13-15-22-44/h13-17,20-34,37-42H,18-19,35-36H2,1-12H3. The lowest BCUT2D eigenvalue weighted by Crippen LogP contribution is -2.61. The van der Waals surface area contributed by atoms with Crippen molar-refractivity contribution in [2.45, 2.75) is 136 Å². The highest BCUT2D eigenvalue weighted by atomic mass is 16.3. The molecule has 5 heteroatoms. The molecule has 3 aliphatic heterocycles. The Morgan fingerprint density at radius 2 is 1.09 bits per heavy atom. The summed E-state index contributed by atoms with van der Waals surface area (Å²) < 4.78 is 7.05. The third kappa shape index (κ3) is 6.80. The second-order valence-corrected chi connectivity index (χ2v) is 25.8. The molecule has 2 unspecified atom stereocenters. The topological polar surface area (TPSA) is 22.9 Å². The van der Waals surface area contributed by atoms with Gasteiger partial charge in [0.25, 0.3) is 6.71 Å². The molecule has 1 aliphatic carbocycles. The molecule has 4 heterocycles. The average molecular weight is 968 g/mol. The Morgan fingerprint density at radius 3 is 1.81 bits per heavy atom. The molecule has 0 saturated heterocycles. The van der Waals surface area contributed by atoms with Gasteiger partial charge in [-0.15, -0.1) is 0 Å². The predicted octanol–water partition coefficient (Wildman–Crippen LogP) is 17.3. The molecule has 0 amide bonds. The van der Waals surface area contributed by atoms with Crippen LogP contribution < -0.4 is 31.1 Å². The molecule has 0 bridgehead atoms. The molecule has 1 fully saturated rings. The largest absolute Gasteiger partial charge is 0.454 e. The molecule has 4 aliphatic rings. The Kier molecular flexibility index (Phi) is 10.1. The minimum absolute atomic E-state index is 0.00523. The van der Waals surface area contributed by atoms with Crippen molar-refractivity contribution in [1.82, 2.24) is 0 Å². The average Bonchev–Trinajstić information content (AvgIpc) is 3.88. The summed E-state index contributed by atoms with van der Waals surface area (Å²) in [5.41, 5.74) is 24.4. The summed E-state index contributed by atoms with van der Waals surface area (Å²) in [6, 6.07) is 60.8. The van der Waals surface area contributed by atoms with E-state index in [4.69, 9.17) is 4.42 Å². The minimum Gasteiger partial charge on any atom is -0.454 e. The molecule has 1 saturated carbocycles. The predicted molar refractivity (Wildman–Crippen MR) is 317 cm³/mol. The van der Waals surface area contributed by atoms with Crippen LogP contribution in [0.25, 0.3) is 33.1 Å². The van der Waals surface area contributed by atoms with Crippen LogP contribution in [0.5, 0.6) is 0 Å². The van der Waals surface area contributed by atoms with Gasteiger partial charge in [-0.05, 0) is 153 Å². The minimum atomic E-state index is -0.114. The number of hydrogen-bond donors (Lipinski definition) is 0. The fourth-order valence-corrected chi connectivity index (χ4v) is 13.8. The lowest BCUT2D eigenvalue weighted by molar-refractivity contribution is 0.195. The number of para-hydroxylation sites is 2. The highest BCUT2D eigenvalue weighted by molar-refractivity contribution is 7.00. The molecule has 74 heavy (non-hydrogen) atoms. The highest BCUT2D eigenvalue weighted by Gasteiger charge is 2.58. The first kappa shape index (κ1) is 46.8. The van der Waals surface area contributed by atoms with Crippen molar-refractivity contribution in [3.05, 3.63) is 186 Å². The number of hydrogen-bond acceptors (Lipinski definition) is 4. The van der Waals surface area contributed by atoms with Crippen molar-refractivity contribution >= 4 is 90.5 Å². The van der Waals surface area contributed by atoms with E-state index in [1.165, 1.54) is 114 Å². The van der Waals surface area contributed by atoms with Crippen LogP contribution in [0.4, 0.5) is 45.5 Å². The zero-order valence-corrected chi connectivity index (χ0v) is 45.7. The van der Waals surface area contributed by atoms with Crippen LogP contribution in [0.15, 0.2) is 162 Å². The lowest BCUT2D eigenvalue weighted by Gasteiger charge is -2.50. The Balaban J connectivity index is 1.12. The van der Waals surface area contributed by atoms with Gasteiger partial charge in [0.05, 0.1) is 16.9 Å². The van der Waals surface area contributed by atoms with Crippen molar-refractivity contribution in [1.29, 1.82) is 0 Å². The van der Waals surface area contributed by atoms with Gasteiger partial charge in [0, 0.05) is 55.9 Å². The van der Waals surface area contributed by atoms with E-state index in [0.717, 1.165) is 34.0 Å². The van der Waals surface area contributed by atoms with Gasteiger partial charge in [-0.1, -0.05) is 179 Å². The number of anilines is 8. The van der Waals surface area contributed by atoms with Crippen LogP contribution in [-0.2, 0) is 21.7 Å². The molecule has 1 aromatic heterocycles. The van der Waals surface area contributed by atoms with Gasteiger partial charge in [0.2, 0.25) is 0 Å². The van der Waals surface area contributed by atoms with Crippen LogP contribution in [0.2, 0.25) is 0 Å². The maximum atomic E-state index is 7.05. The molecule has 13 rings (SSSR count). The van der Waals surface area contributed by atoms with Crippen LogP contribution in [-0.4, -0.2) is 12.3 Å². The summed E-state index contributed by atoms with van der Waals surface area (Å²) in [7, 11) is 0. The Morgan fingerprint density at radius 1 is 0.486 bits per heavy atom. The third-order valence-electron chi connectivity index (χ3n) is 18.1. The molecule has 0 N–H and O–H groups in total. The molecule has 0 spiro atoms. The molecular formula is C69H70BN3O. The Hall–Kier alpha value is -6.98. The van der Waals surface area contributed by atoms with Gasteiger partial charge in [-0.2, -0.15) is 0 Å². The molecule has 0 radical (unpaired) electrons. The Bertz CT molecular complexity index is 3770. The SMILES string of the molecule is Cc1cc2c3c(c1)N(c1cccc4c1oc1ccccc14)c1cc(N4c5ccc(C(C)(C)C)cc5C5(C)CCCCC45C)ccc1B3c1cc(C(C)(C)C)ccc1N2c1ccc(C(C)(C)C)cc1-c1ccccc1. The van der Waals surface area contributed by atoms with Crippen molar-refractivity contribution in [3.63, 3.8) is 0 Å². The normalized spacial score (nSPS) is 19.1. The summed E-state index contributed by atoms with van der Waals surface area (Å²) in [5.74, 6) is 0. The van der Waals surface area contributed by atoms with Gasteiger partial charge in [0.15, 0.2) is 5.58 Å². The quantitative estimate of drug-likeness (QED) is 0.164. The number of furan rings is 1.